The summed E-state index contributed by atoms with van der Waals surface area (Å²) >= 11 is 7.13. The second kappa shape index (κ2) is 15.8. The Hall–Kier alpha value is -4.92. The Labute approximate surface area is 332 Å². The van der Waals surface area contributed by atoms with Crippen LogP contribution in [0, 0.1) is 5.92 Å². The van der Waals surface area contributed by atoms with Crippen LogP contribution in [0.5, 0.6) is 17.6 Å². The van der Waals surface area contributed by atoms with Gasteiger partial charge in [-0.05, 0) is 73.3 Å². The number of carboxylic acids is 1. The number of likely N-dealkylation sites (tertiary alicyclic amines) is 1. The molecule has 2 aromatic carbocycles. The summed E-state index contributed by atoms with van der Waals surface area (Å²) in [6.07, 6.45) is -1.06. The zero-order valence-electron chi connectivity index (χ0n) is 31.5. The summed E-state index contributed by atoms with van der Waals surface area (Å²) in [7, 11) is 2.89. The van der Waals surface area contributed by atoms with Crippen molar-refractivity contribution in [2.45, 2.75) is 88.4 Å². The van der Waals surface area contributed by atoms with Crippen molar-refractivity contribution in [3.05, 3.63) is 87.4 Å². The number of carbonyl (C=O) groups is 2. The molecule has 57 heavy (non-hydrogen) atoms. The highest BCUT2D eigenvalue weighted by molar-refractivity contribution is 6.36. The topological polar surface area (TPSA) is 135 Å². The third kappa shape index (κ3) is 7.62. The van der Waals surface area contributed by atoms with Crippen LogP contribution in [0.25, 0.3) is 22.4 Å². The quantitative estimate of drug-likeness (QED) is 0.126. The lowest BCUT2D eigenvalue weighted by Gasteiger charge is -2.37. The Balaban J connectivity index is 1.04. The molecule has 15 heteroatoms. The van der Waals surface area contributed by atoms with Crippen LogP contribution in [-0.2, 0) is 35.3 Å². The number of hydrogen-bond acceptors (Lipinski definition) is 9. The van der Waals surface area contributed by atoms with E-state index in [4.69, 9.17) is 30.8 Å². The third-order valence-electron chi connectivity index (χ3n) is 11.9. The molecule has 8 rings (SSSR count). The highest BCUT2D eigenvalue weighted by Gasteiger charge is 2.49. The number of benzene rings is 2. The molecule has 0 unspecified atom stereocenters. The van der Waals surface area contributed by atoms with Gasteiger partial charge in [0.15, 0.2) is 0 Å². The number of methoxy groups -OCH3 is 2. The van der Waals surface area contributed by atoms with Crippen LogP contribution in [0.1, 0.15) is 72.4 Å². The van der Waals surface area contributed by atoms with Crippen LogP contribution in [0.15, 0.2) is 54.6 Å². The van der Waals surface area contributed by atoms with Gasteiger partial charge in [0.1, 0.15) is 17.7 Å². The number of hydrogen-bond donors (Lipinski definition) is 3. The minimum Gasteiger partial charge on any atom is -0.481 e. The second-order valence-corrected chi connectivity index (χ2v) is 15.5. The molecule has 2 aromatic heterocycles. The first kappa shape index (κ1) is 38.9. The molecule has 2 aliphatic heterocycles. The maximum atomic E-state index is 14.7. The fraction of sp³-hybridized carbons (Fsp3) is 0.429. The predicted octanol–water partition coefficient (Wildman–Crippen LogP) is 7.37. The summed E-state index contributed by atoms with van der Waals surface area (Å²) in [5.41, 5.74) is 4.49. The van der Waals surface area contributed by atoms with Gasteiger partial charge < -0.3 is 30.0 Å². The third-order valence-corrected chi connectivity index (χ3v) is 12.3. The van der Waals surface area contributed by atoms with Crippen LogP contribution < -0.4 is 24.8 Å². The van der Waals surface area contributed by atoms with Crippen LogP contribution in [0.3, 0.4) is 0 Å². The molecule has 3 fully saturated rings. The molecule has 0 radical (unpaired) electrons. The van der Waals surface area contributed by atoms with E-state index >= 15 is 0 Å². The van der Waals surface area contributed by atoms with Crippen molar-refractivity contribution in [2.75, 3.05) is 20.8 Å². The number of halogens is 4. The van der Waals surface area contributed by atoms with Gasteiger partial charge in [-0.3, -0.25) is 14.5 Å². The first-order valence-electron chi connectivity index (χ1n) is 19.2. The zero-order valence-corrected chi connectivity index (χ0v) is 32.3. The van der Waals surface area contributed by atoms with Crippen molar-refractivity contribution in [2.24, 2.45) is 5.92 Å². The molecule has 4 aromatic rings. The molecule has 5 atom stereocenters. The summed E-state index contributed by atoms with van der Waals surface area (Å²) in [4.78, 5) is 34.4. The molecule has 4 aliphatic rings. The molecule has 0 spiro atoms. The fourth-order valence-corrected chi connectivity index (χ4v) is 9.22. The van der Waals surface area contributed by atoms with E-state index in [2.05, 4.69) is 15.6 Å². The number of nitrogens with zero attached hydrogens (tertiary/aromatic N) is 3. The average Bonchev–Trinajstić information content (AvgIpc) is 3.86. The molecular formula is C42H43ClF3N5O6. The number of aliphatic carboxylic acids is 1. The molecule has 1 amide bonds. The van der Waals surface area contributed by atoms with Crippen LogP contribution in [-0.4, -0.2) is 70.7 Å². The molecule has 0 bridgehead atoms. The average molecular weight is 806 g/mol. The Morgan fingerprint density at radius 3 is 2.40 bits per heavy atom. The first-order chi connectivity index (χ1) is 27.4. The minimum absolute atomic E-state index is 0.00568. The largest absolute Gasteiger partial charge is 0.481 e. The normalized spacial score (nSPS) is 22.8. The molecule has 3 N–H and O–H groups in total. The molecule has 300 valence electrons. The smallest absolute Gasteiger partial charge is 0.421 e. The molecule has 4 heterocycles. The van der Waals surface area contributed by atoms with Gasteiger partial charge in [0.2, 0.25) is 23.5 Å². The zero-order chi connectivity index (χ0) is 40.0. The number of fused-ring (bicyclic) bond motifs is 2. The molecular weight excluding hydrogens is 763 g/mol. The van der Waals surface area contributed by atoms with Gasteiger partial charge in [-0.1, -0.05) is 54.1 Å². The van der Waals surface area contributed by atoms with E-state index in [1.807, 2.05) is 48.5 Å². The first-order valence-corrected chi connectivity index (χ1v) is 19.6. The number of amides is 1. The summed E-state index contributed by atoms with van der Waals surface area (Å²) in [5, 5.41) is 16.6. The molecule has 2 aliphatic carbocycles. The highest BCUT2D eigenvalue weighted by Crippen LogP contribution is 2.48. The van der Waals surface area contributed by atoms with Gasteiger partial charge in [0, 0.05) is 60.4 Å². The van der Waals surface area contributed by atoms with Gasteiger partial charge >= 0.3 is 12.1 Å². The van der Waals surface area contributed by atoms with Crippen molar-refractivity contribution in [1.82, 2.24) is 25.5 Å². The van der Waals surface area contributed by atoms with Gasteiger partial charge in [0.05, 0.1) is 24.9 Å². The summed E-state index contributed by atoms with van der Waals surface area (Å²) in [6.45, 7) is 1.10. The van der Waals surface area contributed by atoms with Crippen molar-refractivity contribution in [3.8, 4) is 40.0 Å². The van der Waals surface area contributed by atoms with E-state index in [-0.39, 0.29) is 41.9 Å². The lowest BCUT2D eigenvalue weighted by atomic mass is 9.80. The number of alkyl halides is 3. The lowest BCUT2D eigenvalue weighted by molar-refractivity contribution is -0.143. The predicted molar refractivity (Wildman–Crippen MR) is 205 cm³/mol. The van der Waals surface area contributed by atoms with Crippen LogP contribution in [0.4, 0.5) is 13.2 Å². The molecule has 1 saturated carbocycles. The van der Waals surface area contributed by atoms with Gasteiger partial charge in [-0.2, -0.15) is 18.2 Å². The molecule has 11 nitrogen and oxygen atoms in total. The van der Waals surface area contributed by atoms with Crippen molar-refractivity contribution in [1.29, 1.82) is 0 Å². The number of carbonyl (C=O) groups excluding carboxylic acids is 1. The Morgan fingerprint density at radius 1 is 0.947 bits per heavy atom. The van der Waals surface area contributed by atoms with Gasteiger partial charge in [-0.25, -0.2) is 4.98 Å². The standard InChI is InChI=1S/C42H43ClF3N5O6/c1-55-38-23(19-47-20-25-11-16-36(52)48-25)9-13-32(49-38)30-8-4-7-29(37(30)43)26-5-3-6-28-27(26)12-15-35(28)57-40-31(42(44,45)46)17-24(39(50-40)56-2)21-51-33-14-10-22(33)18-34(51)41(53)54/h3-9,13,17,22,25,33-35,47H,10-12,14-16,18-21H2,1-2H3,(H,48,52)(H,53,54)/t22-,25-,33-,34-,35-/m0/s1. The van der Waals surface area contributed by atoms with Crippen LogP contribution in [0.2, 0.25) is 5.02 Å². The van der Waals surface area contributed by atoms with E-state index in [9.17, 15) is 27.9 Å². The Morgan fingerprint density at radius 2 is 1.70 bits per heavy atom. The number of pyridine rings is 2. The summed E-state index contributed by atoms with van der Waals surface area (Å²) < 4.78 is 61.4. The van der Waals surface area contributed by atoms with E-state index in [0.717, 1.165) is 53.1 Å². The highest BCUT2D eigenvalue weighted by atomic mass is 35.5. The second-order valence-electron chi connectivity index (χ2n) is 15.2. The minimum atomic E-state index is -4.79. The van der Waals surface area contributed by atoms with E-state index < -0.39 is 35.7 Å². The number of carboxylic acid groups (broad SMARTS) is 1. The lowest BCUT2D eigenvalue weighted by Crippen LogP contribution is -2.44. The Kier molecular flexibility index (Phi) is 10.8. The van der Waals surface area contributed by atoms with Crippen molar-refractivity contribution >= 4 is 23.5 Å². The summed E-state index contributed by atoms with van der Waals surface area (Å²) in [5.74, 6) is -0.873. The number of rotatable bonds is 13. The fourth-order valence-electron chi connectivity index (χ4n) is 8.89. The summed E-state index contributed by atoms with van der Waals surface area (Å²) in [6, 6.07) is 15.4. The van der Waals surface area contributed by atoms with Gasteiger partial charge in [-0.15, -0.1) is 0 Å². The van der Waals surface area contributed by atoms with E-state index in [1.54, 1.807) is 12.0 Å². The monoisotopic (exact) mass is 805 g/mol. The van der Waals surface area contributed by atoms with Crippen molar-refractivity contribution < 1.29 is 42.1 Å². The van der Waals surface area contributed by atoms with Crippen molar-refractivity contribution in [3.63, 3.8) is 0 Å². The van der Waals surface area contributed by atoms with E-state index in [1.165, 1.54) is 7.11 Å². The van der Waals surface area contributed by atoms with Crippen LogP contribution >= 0.6 is 11.6 Å². The Bertz CT molecular complexity index is 2200. The van der Waals surface area contributed by atoms with Gasteiger partial charge in [0.25, 0.3) is 0 Å². The number of aromatic nitrogens is 2. The van der Waals surface area contributed by atoms with E-state index in [0.29, 0.717) is 60.9 Å². The number of nitrogens with one attached hydrogen (secondary N) is 2. The maximum Gasteiger partial charge on any atom is 0.421 e. The number of ether oxygens (including phenoxy) is 3. The SMILES string of the molecule is COc1nc(-c2cccc(-c3cccc4c3CC[C@@H]4Oc3nc(OC)c(CN4[C@H](C(=O)O)C[C@@H]5CC[C@@H]54)cc3C(F)(F)F)c2Cl)ccc1CNC[C@@H]1CCC(=O)N1. The maximum absolute atomic E-state index is 14.7. The molecule has 2 saturated heterocycles.